The van der Waals surface area contributed by atoms with Crippen molar-refractivity contribution in [3.63, 3.8) is 0 Å². The number of ether oxygens (including phenoxy) is 1. The van der Waals surface area contributed by atoms with Crippen LogP contribution in [0.3, 0.4) is 0 Å². The summed E-state index contributed by atoms with van der Waals surface area (Å²) in [7, 11) is 1.32. The number of anilines is 2. The maximum atomic E-state index is 14.1. The molecule has 5 nitrogen and oxygen atoms in total. The van der Waals surface area contributed by atoms with E-state index in [1.54, 1.807) is 30.3 Å². The fourth-order valence-corrected chi connectivity index (χ4v) is 3.47. The van der Waals surface area contributed by atoms with E-state index in [0.29, 0.717) is 46.4 Å². The molecule has 26 heavy (non-hydrogen) atoms. The summed E-state index contributed by atoms with van der Waals surface area (Å²) in [6.07, 6.45) is 1.41. The van der Waals surface area contributed by atoms with Gasteiger partial charge in [-0.05, 0) is 49.2 Å². The van der Waals surface area contributed by atoms with Gasteiger partial charge in [-0.2, -0.15) is 0 Å². The normalized spacial score (nSPS) is 13.5. The lowest BCUT2D eigenvalue weighted by Crippen LogP contribution is -2.30. The van der Waals surface area contributed by atoms with Gasteiger partial charge in [0, 0.05) is 28.7 Å². The number of carbonyl (C=O) groups excluding carboxylic acids is 1. The molecule has 2 aromatic carbocycles. The van der Waals surface area contributed by atoms with Crippen LogP contribution in [-0.2, 0) is 11.2 Å². The lowest BCUT2D eigenvalue weighted by molar-refractivity contribution is 0.0601. The molecule has 0 radical (unpaired) electrons. The second-order valence-electron chi connectivity index (χ2n) is 6.27. The van der Waals surface area contributed by atoms with Gasteiger partial charge in [0.05, 0.1) is 12.7 Å². The Labute approximate surface area is 149 Å². The number of halogens is 1. The number of carbonyl (C=O) groups is 1. The number of hydrogen-bond acceptors (Lipinski definition) is 4. The van der Waals surface area contributed by atoms with Crippen molar-refractivity contribution in [3.8, 4) is 0 Å². The summed E-state index contributed by atoms with van der Waals surface area (Å²) in [5.74, 6) is -0.692. The predicted molar refractivity (Wildman–Crippen MR) is 97.6 cm³/mol. The van der Waals surface area contributed by atoms with Gasteiger partial charge < -0.3 is 14.6 Å². The molecule has 1 aliphatic heterocycles. The molecule has 0 amide bonds. The van der Waals surface area contributed by atoms with Crippen LogP contribution in [-0.4, -0.2) is 24.6 Å². The highest BCUT2D eigenvalue weighted by Crippen LogP contribution is 2.34. The van der Waals surface area contributed by atoms with Crippen LogP contribution >= 0.6 is 0 Å². The molecule has 6 heteroatoms. The van der Waals surface area contributed by atoms with E-state index in [-0.39, 0.29) is 11.4 Å². The van der Waals surface area contributed by atoms with Crippen LogP contribution in [0.2, 0.25) is 0 Å². The number of rotatable bonds is 2. The molecule has 0 fully saturated rings. The Morgan fingerprint density at radius 2 is 2.04 bits per heavy atom. The number of aromatic nitrogens is 1. The van der Waals surface area contributed by atoms with E-state index in [9.17, 15) is 14.0 Å². The van der Waals surface area contributed by atoms with E-state index < -0.39 is 5.97 Å². The van der Waals surface area contributed by atoms with Gasteiger partial charge in [-0.3, -0.25) is 4.79 Å². The molecule has 0 spiro atoms. The van der Waals surface area contributed by atoms with Crippen LogP contribution in [0.5, 0.6) is 0 Å². The molecule has 4 rings (SSSR count). The highest BCUT2D eigenvalue weighted by molar-refractivity contribution is 5.95. The third kappa shape index (κ3) is 2.63. The molecule has 0 atom stereocenters. The molecule has 132 valence electrons. The monoisotopic (exact) mass is 352 g/mol. The number of fused-ring (bicyclic) bond motifs is 2. The summed E-state index contributed by atoms with van der Waals surface area (Å²) in [5.41, 5.74) is 2.56. The van der Waals surface area contributed by atoms with Crippen molar-refractivity contribution in [1.29, 1.82) is 0 Å². The highest BCUT2D eigenvalue weighted by Gasteiger charge is 2.23. The van der Waals surface area contributed by atoms with Crippen LogP contribution in [0.4, 0.5) is 15.8 Å². The smallest absolute Gasteiger partial charge is 0.337 e. The zero-order chi connectivity index (χ0) is 18.3. The van der Waals surface area contributed by atoms with Gasteiger partial charge in [-0.1, -0.05) is 6.07 Å². The Kier molecular flexibility index (Phi) is 3.95. The van der Waals surface area contributed by atoms with Gasteiger partial charge in [-0.15, -0.1) is 0 Å². The number of nitrogens with one attached hydrogen (secondary N) is 1. The minimum absolute atomic E-state index is 0.250. The molecule has 3 aromatic rings. The second-order valence-corrected chi connectivity index (χ2v) is 6.27. The van der Waals surface area contributed by atoms with E-state index in [4.69, 9.17) is 4.74 Å². The fraction of sp³-hybridized carbons (Fsp3) is 0.200. The lowest BCUT2D eigenvalue weighted by Gasteiger charge is -2.31. The molecule has 0 aliphatic carbocycles. The van der Waals surface area contributed by atoms with Crippen molar-refractivity contribution in [3.05, 3.63) is 69.8 Å². The molecule has 1 aliphatic rings. The third-order valence-corrected chi connectivity index (χ3v) is 4.73. The van der Waals surface area contributed by atoms with Crippen molar-refractivity contribution in [1.82, 2.24) is 4.98 Å². The lowest BCUT2D eigenvalue weighted by atomic mass is 10.0. The van der Waals surface area contributed by atoms with E-state index in [1.807, 2.05) is 11.0 Å². The number of pyridine rings is 1. The standard InChI is InChI=1S/C20H17FN2O3/c1-26-20(25)12-7-8-16-13(10-12)11-18(19(24)22-16)23-9-3-4-14-15(21)5-2-6-17(14)23/h2,5-8,10-11H,3-4,9H2,1H3,(H,22,24). The summed E-state index contributed by atoms with van der Waals surface area (Å²) in [6, 6.07) is 11.6. The summed E-state index contributed by atoms with van der Waals surface area (Å²) >= 11 is 0. The predicted octanol–water partition coefficient (Wildman–Crippen LogP) is 3.54. The van der Waals surface area contributed by atoms with Gasteiger partial charge in [-0.25, -0.2) is 9.18 Å². The molecular formula is C20H17FN2O3. The molecule has 2 heterocycles. The number of hydrogen-bond donors (Lipinski definition) is 1. The van der Waals surface area contributed by atoms with Crippen molar-refractivity contribution in [2.45, 2.75) is 12.8 Å². The Balaban J connectivity index is 1.87. The molecular weight excluding hydrogens is 335 g/mol. The number of H-pyrrole nitrogens is 1. The van der Waals surface area contributed by atoms with Crippen LogP contribution in [0, 0.1) is 5.82 Å². The fourth-order valence-electron chi connectivity index (χ4n) is 3.47. The average molecular weight is 352 g/mol. The van der Waals surface area contributed by atoms with E-state index in [1.165, 1.54) is 13.2 Å². The summed E-state index contributed by atoms with van der Waals surface area (Å²) in [4.78, 5) is 29.1. The third-order valence-electron chi connectivity index (χ3n) is 4.73. The molecule has 1 N–H and O–H groups in total. The minimum atomic E-state index is -0.440. The Morgan fingerprint density at radius 3 is 2.85 bits per heavy atom. The molecule has 1 aromatic heterocycles. The first-order valence-corrected chi connectivity index (χ1v) is 8.39. The Morgan fingerprint density at radius 1 is 1.19 bits per heavy atom. The summed E-state index contributed by atoms with van der Waals surface area (Å²) in [5, 5.41) is 0.714. The quantitative estimate of drug-likeness (QED) is 0.717. The maximum Gasteiger partial charge on any atom is 0.337 e. The van der Waals surface area contributed by atoms with Crippen molar-refractivity contribution >= 4 is 28.2 Å². The Hall–Kier alpha value is -3.15. The number of methoxy groups -OCH3 is 1. The first-order chi connectivity index (χ1) is 12.6. The maximum absolute atomic E-state index is 14.1. The second kappa shape index (κ2) is 6.29. The number of nitrogens with zero attached hydrogens (tertiary/aromatic N) is 1. The highest BCUT2D eigenvalue weighted by atomic mass is 19.1. The number of esters is 1. The van der Waals surface area contributed by atoms with Crippen LogP contribution in [0.1, 0.15) is 22.3 Å². The zero-order valence-corrected chi connectivity index (χ0v) is 14.2. The molecule has 0 saturated carbocycles. The summed E-state index contributed by atoms with van der Waals surface area (Å²) in [6.45, 7) is 0.627. The number of benzene rings is 2. The van der Waals surface area contributed by atoms with Gasteiger partial charge in [0.2, 0.25) is 0 Å². The number of aromatic amines is 1. The molecule has 0 saturated heterocycles. The van der Waals surface area contributed by atoms with Gasteiger partial charge in [0.15, 0.2) is 0 Å². The Bertz CT molecular complexity index is 1070. The largest absolute Gasteiger partial charge is 0.465 e. The minimum Gasteiger partial charge on any atom is -0.465 e. The zero-order valence-electron chi connectivity index (χ0n) is 14.2. The van der Waals surface area contributed by atoms with Crippen LogP contribution in [0.25, 0.3) is 10.9 Å². The van der Waals surface area contributed by atoms with E-state index >= 15 is 0 Å². The van der Waals surface area contributed by atoms with Gasteiger partial charge >= 0.3 is 5.97 Å². The van der Waals surface area contributed by atoms with Crippen molar-refractivity contribution < 1.29 is 13.9 Å². The van der Waals surface area contributed by atoms with E-state index in [2.05, 4.69) is 4.98 Å². The van der Waals surface area contributed by atoms with Crippen molar-refractivity contribution in [2.75, 3.05) is 18.6 Å². The van der Waals surface area contributed by atoms with Crippen molar-refractivity contribution in [2.24, 2.45) is 0 Å². The SMILES string of the molecule is COC(=O)c1ccc2[nH]c(=O)c(N3CCCc4c(F)cccc43)cc2c1. The van der Waals surface area contributed by atoms with Crippen LogP contribution in [0.15, 0.2) is 47.3 Å². The molecule has 0 bridgehead atoms. The van der Waals surface area contributed by atoms with Gasteiger partial charge in [0.1, 0.15) is 11.5 Å². The first-order valence-electron chi connectivity index (χ1n) is 8.39. The first kappa shape index (κ1) is 16.3. The van der Waals surface area contributed by atoms with Gasteiger partial charge in [0.25, 0.3) is 5.56 Å². The van der Waals surface area contributed by atoms with Crippen LogP contribution < -0.4 is 10.5 Å². The molecule has 0 unspecified atom stereocenters. The summed E-state index contributed by atoms with van der Waals surface area (Å²) < 4.78 is 18.9. The average Bonchev–Trinajstić information content (AvgIpc) is 2.66. The topological polar surface area (TPSA) is 62.4 Å². The van der Waals surface area contributed by atoms with E-state index in [0.717, 1.165) is 6.42 Å².